The number of methoxy groups -OCH3 is 1. The lowest BCUT2D eigenvalue weighted by Gasteiger charge is -2.01. The summed E-state index contributed by atoms with van der Waals surface area (Å²) in [5.41, 5.74) is 0.401. The molecule has 0 aliphatic heterocycles. The molecule has 108 valence electrons. The number of aryl methyl sites for hydroxylation is 2. The van der Waals surface area contributed by atoms with Crippen LogP contribution in [0.25, 0.3) is 10.8 Å². The van der Waals surface area contributed by atoms with Crippen molar-refractivity contribution in [2.24, 2.45) is 0 Å². The minimum atomic E-state index is -0.270. The Labute approximate surface area is 124 Å². The SMILES string of the molecule is COc1ccc(-n2nc(C)n(-c3nnc(C)s3)c2=O)cc1. The number of ether oxygens (including phenoxy) is 1. The van der Waals surface area contributed by atoms with E-state index in [1.165, 1.54) is 20.6 Å². The number of hydrogen-bond donors (Lipinski definition) is 0. The van der Waals surface area contributed by atoms with E-state index in [-0.39, 0.29) is 5.69 Å². The maximum Gasteiger partial charge on any atom is 0.357 e. The highest BCUT2D eigenvalue weighted by molar-refractivity contribution is 7.13. The molecule has 0 N–H and O–H groups in total. The molecule has 3 rings (SSSR count). The molecule has 0 aliphatic carbocycles. The van der Waals surface area contributed by atoms with Crippen molar-refractivity contribution in [1.82, 2.24) is 24.5 Å². The molecule has 2 heterocycles. The second kappa shape index (κ2) is 5.13. The van der Waals surface area contributed by atoms with E-state index in [4.69, 9.17) is 4.74 Å². The Morgan fingerprint density at radius 2 is 1.86 bits per heavy atom. The minimum Gasteiger partial charge on any atom is -0.497 e. The maximum absolute atomic E-state index is 12.5. The van der Waals surface area contributed by atoms with Gasteiger partial charge in [0, 0.05) is 0 Å². The van der Waals surface area contributed by atoms with Gasteiger partial charge in [0.15, 0.2) is 0 Å². The molecule has 0 amide bonds. The summed E-state index contributed by atoms with van der Waals surface area (Å²) >= 11 is 1.35. The van der Waals surface area contributed by atoms with Gasteiger partial charge < -0.3 is 4.74 Å². The lowest BCUT2D eigenvalue weighted by molar-refractivity contribution is 0.414. The first-order chi connectivity index (χ1) is 10.1. The summed E-state index contributed by atoms with van der Waals surface area (Å²) in [6.45, 7) is 3.60. The van der Waals surface area contributed by atoms with Gasteiger partial charge in [-0.2, -0.15) is 4.68 Å². The van der Waals surface area contributed by atoms with Gasteiger partial charge in [-0.05, 0) is 38.1 Å². The number of aromatic nitrogens is 5. The van der Waals surface area contributed by atoms with E-state index in [0.29, 0.717) is 16.6 Å². The van der Waals surface area contributed by atoms with E-state index in [2.05, 4.69) is 15.3 Å². The third-order valence-electron chi connectivity index (χ3n) is 2.96. The highest BCUT2D eigenvalue weighted by Gasteiger charge is 2.16. The second-order valence-electron chi connectivity index (χ2n) is 4.38. The fourth-order valence-corrected chi connectivity index (χ4v) is 2.68. The Balaban J connectivity index is 2.11. The zero-order valence-corrected chi connectivity index (χ0v) is 12.6. The first-order valence-electron chi connectivity index (χ1n) is 6.23. The lowest BCUT2D eigenvalue weighted by atomic mass is 10.3. The fraction of sp³-hybridized carbons (Fsp3) is 0.231. The van der Waals surface area contributed by atoms with Crippen LogP contribution in [0.15, 0.2) is 29.1 Å². The molecule has 3 aromatic rings. The Morgan fingerprint density at radius 1 is 1.14 bits per heavy atom. The fourth-order valence-electron chi connectivity index (χ4n) is 1.95. The third kappa shape index (κ3) is 2.33. The van der Waals surface area contributed by atoms with Crippen molar-refractivity contribution in [3.8, 4) is 16.6 Å². The number of nitrogens with zero attached hydrogens (tertiary/aromatic N) is 5. The first kappa shape index (κ1) is 13.5. The molecular formula is C13H13N5O2S. The summed E-state index contributed by atoms with van der Waals surface area (Å²) in [7, 11) is 1.60. The number of rotatable bonds is 3. The van der Waals surface area contributed by atoms with E-state index < -0.39 is 0 Å². The van der Waals surface area contributed by atoms with Gasteiger partial charge in [-0.1, -0.05) is 11.3 Å². The van der Waals surface area contributed by atoms with Crippen molar-refractivity contribution in [3.05, 3.63) is 45.6 Å². The van der Waals surface area contributed by atoms with Crippen LogP contribution in [-0.2, 0) is 0 Å². The zero-order valence-electron chi connectivity index (χ0n) is 11.8. The predicted molar refractivity (Wildman–Crippen MR) is 78.7 cm³/mol. The molecule has 0 spiro atoms. The van der Waals surface area contributed by atoms with Gasteiger partial charge in [-0.15, -0.1) is 15.3 Å². The van der Waals surface area contributed by atoms with Crippen LogP contribution in [0.1, 0.15) is 10.8 Å². The van der Waals surface area contributed by atoms with Gasteiger partial charge in [0.2, 0.25) is 5.13 Å². The van der Waals surface area contributed by atoms with Crippen molar-refractivity contribution in [2.75, 3.05) is 7.11 Å². The van der Waals surface area contributed by atoms with E-state index in [1.54, 1.807) is 38.3 Å². The normalized spacial score (nSPS) is 10.8. The Morgan fingerprint density at radius 3 is 2.43 bits per heavy atom. The highest BCUT2D eigenvalue weighted by atomic mass is 32.1. The van der Waals surface area contributed by atoms with Gasteiger partial charge >= 0.3 is 5.69 Å². The van der Waals surface area contributed by atoms with Crippen LogP contribution in [-0.4, -0.2) is 31.7 Å². The molecule has 0 unspecified atom stereocenters. The van der Waals surface area contributed by atoms with Gasteiger partial charge in [0.1, 0.15) is 16.6 Å². The van der Waals surface area contributed by atoms with E-state index in [1.807, 2.05) is 6.92 Å². The topological polar surface area (TPSA) is 74.8 Å². The van der Waals surface area contributed by atoms with Crippen molar-refractivity contribution in [2.45, 2.75) is 13.8 Å². The predicted octanol–water partition coefficient (Wildman–Crippen LogP) is 1.50. The van der Waals surface area contributed by atoms with E-state index in [9.17, 15) is 4.79 Å². The maximum atomic E-state index is 12.5. The number of benzene rings is 1. The second-order valence-corrected chi connectivity index (χ2v) is 5.54. The lowest BCUT2D eigenvalue weighted by Crippen LogP contribution is -2.22. The molecule has 21 heavy (non-hydrogen) atoms. The van der Waals surface area contributed by atoms with Crippen molar-refractivity contribution in [1.29, 1.82) is 0 Å². The monoisotopic (exact) mass is 303 g/mol. The zero-order chi connectivity index (χ0) is 15.0. The first-order valence-corrected chi connectivity index (χ1v) is 7.05. The van der Waals surface area contributed by atoms with E-state index in [0.717, 1.165) is 10.8 Å². The van der Waals surface area contributed by atoms with Crippen LogP contribution < -0.4 is 10.4 Å². The molecule has 0 bridgehead atoms. The van der Waals surface area contributed by atoms with Gasteiger partial charge in [-0.25, -0.2) is 9.36 Å². The van der Waals surface area contributed by atoms with Crippen LogP contribution >= 0.6 is 11.3 Å². The average Bonchev–Trinajstić information content (AvgIpc) is 3.02. The molecule has 1 aromatic carbocycles. The minimum absolute atomic E-state index is 0.270. The standard InChI is InChI=1S/C13H13N5O2S/c1-8-16-18(10-4-6-11(20-3)7-5-10)13(19)17(8)12-15-14-9(2)21-12/h4-7H,1-3H3. The average molecular weight is 303 g/mol. The summed E-state index contributed by atoms with van der Waals surface area (Å²) in [5, 5.41) is 13.5. The van der Waals surface area contributed by atoms with Crippen molar-refractivity contribution in [3.63, 3.8) is 0 Å². The van der Waals surface area contributed by atoms with Gasteiger partial charge in [-0.3, -0.25) is 0 Å². The third-order valence-corrected chi connectivity index (χ3v) is 3.79. The van der Waals surface area contributed by atoms with Crippen LogP contribution in [0.4, 0.5) is 0 Å². The summed E-state index contributed by atoms with van der Waals surface area (Å²) in [6, 6.07) is 7.13. The molecule has 0 saturated heterocycles. The van der Waals surface area contributed by atoms with Crippen molar-refractivity contribution >= 4 is 11.3 Å². The molecule has 0 saturated carbocycles. The molecule has 8 heteroatoms. The van der Waals surface area contributed by atoms with Gasteiger partial charge in [0.05, 0.1) is 12.8 Å². The van der Waals surface area contributed by atoms with Crippen LogP contribution in [0.5, 0.6) is 5.75 Å². The van der Waals surface area contributed by atoms with E-state index >= 15 is 0 Å². The summed E-state index contributed by atoms with van der Waals surface area (Å²) < 4.78 is 7.90. The highest BCUT2D eigenvalue weighted by Crippen LogP contribution is 2.16. The largest absolute Gasteiger partial charge is 0.497 e. The van der Waals surface area contributed by atoms with Crippen molar-refractivity contribution < 1.29 is 4.74 Å². The quantitative estimate of drug-likeness (QED) is 0.733. The van der Waals surface area contributed by atoms with Crippen LogP contribution in [0, 0.1) is 13.8 Å². The number of hydrogen-bond acceptors (Lipinski definition) is 6. The molecule has 0 atom stereocenters. The molecule has 0 radical (unpaired) electrons. The summed E-state index contributed by atoms with van der Waals surface area (Å²) in [6.07, 6.45) is 0. The smallest absolute Gasteiger partial charge is 0.357 e. The molecule has 0 fully saturated rings. The Kier molecular flexibility index (Phi) is 3.30. The van der Waals surface area contributed by atoms with Gasteiger partial charge in [0.25, 0.3) is 0 Å². The summed E-state index contributed by atoms with van der Waals surface area (Å²) in [5.74, 6) is 1.29. The van der Waals surface area contributed by atoms with Crippen LogP contribution in [0.3, 0.4) is 0 Å². The Bertz CT molecular complexity index is 831. The molecular weight excluding hydrogens is 290 g/mol. The Hall–Kier alpha value is -2.48. The molecule has 7 nitrogen and oxygen atoms in total. The molecule has 0 aliphatic rings. The van der Waals surface area contributed by atoms with Crippen LogP contribution in [0.2, 0.25) is 0 Å². The summed E-state index contributed by atoms with van der Waals surface area (Å²) in [4.78, 5) is 12.5. The molecule has 2 aromatic heterocycles.